The number of benzene rings is 2. The minimum Gasteiger partial charge on any atom is -0.497 e. The van der Waals surface area contributed by atoms with Crippen molar-refractivity contribution in [1.82, 2.24) is 4.31 Å². The molecule has 1 N–H and O–H groups in total. The maximum atomic E-state index is 12.3. The van der Waals surface area contributed by atoms with Crippen LogP contribution in [0.25, 0.3) is 11.0 Å². The van der Waals surface area contributed by atoms with Gasteiger partial charge in [-0.05, 0) is 30.3 Å². The second-order valence-electron chi connectivity index (χ2n) is 6.94. The first-order chi connectivity index (χ1) is 15.1. The predicted molar refractivity (Wildman–Crippen MR) is 118 cm³/mol. The molecule has 0 spiro atoms. The van der Waals surface area contributed by atoms with E-state index in [1.165, 1.54) is 38.6 Å². The van der Waals surface area contributed by atoms with Gasteiger partial charge in [-0.25, -0.2) is 12.7 Å². The first-order valence-corrected chi connectivity index (χ1v) is 11.2. The van der Waals surface area contributed by atoms with Crippen LogP contribution in [0.15, 0.2) is 52.0 Å². The summed E-state index contributed by atoms with van der Waals surface area (Å²) in [6.45, 7) is -0.541. The number of anilines is 1. The Labute approximate surface area is 189 Å². The van der Waals surface area contributed by atoms with E-state index in [4.69, 9.17) is 25.5 Å². The number of rotatable bonds is 8. The number of methoxy groups -OCH3 is 1. The van der Waals surface area contributed by atoms with Crippen LogP contribution in [-0.2, 0) is 30.8 Å². The second-order valence-corrected chi connectivity index (χ2v) is 9.47. The van der Waals surface area contributed by atoms with Crippen LogP contribution in [-0.4, -0.2) is 52.4 Å². The van der Waals surface area contributed by atoms with Crippen LogP contribution < -0.4 is 10.1 Å². The molecule has 9 nitrogen and oxygen atoms in total. The lowest BCUT2D eigenvalue weighted by Crippen LogP contribution is -2.24. The van der Waals surface area contributed by atoms with E-state index >= 15 is 0 Å². The van der Waals surface area contributed by atoms with Crippen LogP contribution in [0.3, 0.4) is 0 Å². The molecular formula is C21H21ClN2O7S. The number of ether oxygens (including phenoxy) is 2. The Morgan fingerprint density at radius 2 is 1.91 bits per heavy atom. The third-order valence-electron chi connectivity index (χ3n) is 4.54. The van der Waals surface area contributed by atoms with E-state index in [2.05, 4.69) is 5.32 Å². The second kappa shape index (κ2) is 9.60. The summed E-state index contributed by atoms with van der Waals surface area (Å²) in [5, 5.41) is 3.25. The van der Waals surface area contributed by atoms with E-state index in [-0.39, 0.29) is 22.0 Å². The number of fused-ring (bicyclic) bond motifs is 1. The van der Waals surface area contributed by atoms with E-state index in [1.807, 2.05) is 0 Å². The minimum atomic E-state index is -3.80. The Morgan fingerprint density at radius 1 is 1.16 bits per heavy atom. The Kier molecular flexibility index (Phi) is 7.07. The summed E-state index contributed by atoms with van der Waals surface area (Å²) in [7, 11) is 0.488. The van der Waals surface area contributed by atoms with E-state index in [9.17, 15) is 18.0 Å². The van der Waals surface area contributed by atoms with E-state index in [0.29, 0.717) is 16.9 Å². The van der Waals surface area contributed by atoms with Crippen molar-refractivity contribution in [2.75, 3.05) is 33.1 Å². The Bertz CT molecular complexity index is 1270. The van der Waals surface area contributed by atoms with E-state index < -0.39 is 28.5 Å². The molecule has 170 valence electrons. The maximum absolute atomic E-state index is 12.3. The number of hydrogen-bond acceptors (Lipinski definition) is 7. The Balaban J connectivity index is 1.60. The average molecular weight is 481 g/mol. The number of nitrogens with zero attached hydrogens (tertiary/aromatic N) is 1. The summed E-state index contributed by atoms with van der Waals surface area (Å²) in [4.78, 5) is 24.2. The molecular weight excluding hydrogens is 460 g/mol. The lowest BCUT2D eigenvalue weighted by atomic mass is 10.1. The van der Waals surface area contributed by atoms with Crippen molar-refractivity contribution >= 4 is 50.2 Å². The zero-order valence-corrected chi connectivity index (χ0v) is 19.1. The highest BCUT2D eigenvalue weighted by Gasteiger charge is 2.21. The summed E-state index contributed by atoms with van der Waals surface area (Å²) in [6.07, 6.45) is 1.37. The van der Waals surface area contributed by atoms with Crippen LogP contribution >= 0.6 is 11.6 Å². The Hall–Kier alpha value is -3.08. The molecule has 0 aliphatic rings. The molecule has 0 fully saturated rings. The smallest absolute Gasteiger partial charge is 0.310 e. The molecule has 32 heavy (non-hydrogen) atoms. The van der Waals surface area contributed by atoms with Crippen LogP contribution in [0, 0.1) is 0 Å². The van der Waals surface area contributed by atoms with Gasteiger partial charge in [-0.1, -0.05) is 11.6 Å². The van der Waals surface area contributed by atoms with Gasteiger partial charge in [-0.15, -0.1) is 0 Å². The number of sulfonamides is 1. The van der Waals surface area contributed by atoms with Crippen LogP contribution in [0.2, 0.25) is 5.02 Å². The van der Waals surface area contributed by atoms with Gasteiger partial charge in [0.15, 0.2) is 6.61 Å². The third-order valence-corrected chi connectivity index (χ3v) is 6.83. The molecule has 0 radical (unpaired) electrons. The highest BCUT2D eigenvalue weighted by atomic mass is 35.5. The molecule has 3 rings (SSSR count). The summed E-state index contributed by atoms with van der Waals surface area (Å²) in [5.41, 5.74) is 1.38. The molecule has 1 amide bonds. The zero-order chi connectivity index (χ0) is 23.5. The molecule has 0 saturated carbocycles. The van der Waals surface area contributed by atoms with Crippen LogP contribution in [0.1, 0.15) is 5.56 Å². The van der Waals surface area contributed by atoms with Gasteiger partial charge in [-0.3, -0.25) is 9.59 Å². The average Bonchev–Trinajstić information content (AvgIpc) is 3.15. The topological polar surface area (TPSA) is 115 Å². The number of carbonyl (C=O) groups is 2. The summed E-state index contributed by atoms with van der Waals surface area (Å²) in [6, 6.07) is 9.27. The fourth-order valence-corrected chi connectivity index (χ4v) is 4.25. The lowest BCUT2D eigenvalue weighted by Gasteiger charge is -2.14. The first kappa shape index (κ1) is 23.6. The SMILES string of the molecule is COc1ccc2c(CC(=O)OCC(=O)Nc3ccc(Cl)c(S(=O)(=O)N(C)C)c3)coc2c1. The molecule has 11 heteroatoms. The highest BCUT2D eigenvalue weighted by Crippen LogP contribution is 2.27. The lowest BCUT2D eigenvalue weighted by molar-refractivity contribution is -0.146. The molecule has 2 aromatic carbocycles. The van der Waals surface area contributed by atoms with Crippen molar-refractivity contribution in [1.29, 1.82) is 0 Å². The van der Waals surface area contributed by atoms with Crippen molar-refractivity contribution in [3.8, 4) is 5.75 Å². The quantitative estimate of drug-likeness (QED) is 0.492. The predicted octanol–water partition coefficient (Wildman–Crippen LogP) is 3.07. The summed E-state index contributed by atoms with van der Waals surface area (Å²) >= 11 is 5.99. The largest absolute Gasteiger partial charge is 0.497 e. The normalized spacial score (nSPS) is 11.5. The zero-order valence-electron chi connectivity index (χ0n) is 17.5. The summed E-state index contributed by atoms with van der Waals surface area (Å²) < 4.78 is 41.3. The number of hydrogen-bond donors (Lipinski definition) is 1. The summed E-state index contributed by atoms with van der Waals surface area (Å²) in [5.74, 6) is -0.623. The van der Waals surface area contributed by atoms with Gasteiger partial charge in [-0.2, -0.15) is 0 Å². The molecule has 0 bridgehead atoms. The first-order valence-electron chi connectivity index (χ1n) is 9.33. The van der Waals surface area contributed by atoms with Crippen molar-refractivity contribution in [3.63, 3.8) is 0 Å². The monoisotopic (exact) mass is 480 g/mol. The molecule has 3 aromatic rings. The van der Waals surface area contributed by atoms with Gasteiger partial charge in [0.25, 0.3) is 5.91 Å². The molecule has 0 unspecified atom stereocenters. The van der Waals surface area contributed by atoms with Gasteiger partial charge < -0.3 is 19.2 Å². The number of furan rings is 1. The third kappa shape index (κ3) is 5.21. The van der Waals surface area contributed by atoms with Gasteiger partial charge in [0.05, 0.1) is 24.8 Å². The molecule has 0 aliphatic carbocycles. The minimum absolute atomic E-state index is 0.0214. The van der Waals surface area contributed by atoms with Crippen molar-refractivity contribution in [3.05, 3.63) is 53.2 Å². The fourth-order valence-electron chi connectivity index (χ4n) is 2.85. The molecule has 1 aromatic heterocycles. The number of amides is 1. The standard InChI is InChI=1S/C21H21ClN2O7S/c1-24(2)32(27,28)19-9-14(4-7-17(19)22)23-20(25)12-31-21(26)8-13-11-30-18-10-15(29-3)5-6-16(13)18/h4-7,9-11H,8,12H2,1-3H3,(H,23,25). The van der Waals surface area contributed by atoms with Gasteiger partial charge in [0.2, 0.25) is 10.0 Å². The van der Waals surface area contributed by atoms with E-state index in [0.717, 1.165) is 9.69 Å². The highest BCUT2D eigenvalue weighted by molar-refractivity contribution is 7.89. The molecule has 1 heterocycles. The van der Waals surface area contributed by atoms with Crippen LogP contribution in [0.4, 0.5) is 5.69 Å². The van der Waals surface area contributed by atoms with Crippen molar-refractivity contribution in [2.45, 2.75) is 11.3 Å². The fraction of sp³-hybridized carbons (Fsp3) is 0.238. The van der Waals surface area contributed by atoms with Gasteiger partial charge in [0, 0.05) is 36.8 Å². The maximum Gasteiger partial charge on any atom is 0.310 e. The number of esters is 1. The number of nitrogens with one attached hydrogen (secondary N) is 1. The van der Waals surface area contributed by atoms with Gasteiger partial charge >= 0.3 is 5.97 Å². The van der Waals surface area contributed by atoms with E-state index in [1.54, 1.807) is 25.3 Å². The van der Waals surface area contributed by atoms with Crippen LogP contribution in [0.5, 0.6) is 5.75 Å². The Morgan fingerprint density at radius 3 is 2.59 bits per heavy atom. The molecule has 0 aliphatic heterocycles. The molecule has 0 atom stereocenters. The van der Waals surface area contributed by atoms with Crippen molar-refractivity contribution in [2.24, 2.45) is 0 Å². The number of carbonyl (C=O) groups excluding carboxylic acids is 2. The van der Waals surface area contributed by atoms with Gasteiger partial charge in [0.1, 0.15) is 16.2 Å². The number of halogens is 1. The van der Waals surface area contributed by atoms with Crippen molar-refractivity contribution < 1.29 is 31.9 Å². The molecule has 0 saturated heterocycles.